The van der Waals surface area contributed by atoms with Gasteiger partial charge in [-0.2, -0.15) is 0 Å². The number of pyridine rings is 1. The van der Waals surface area contributed by atoms with Crippen LogP contribution in [0.5, 0.6) is 0 Å². The van der Waals surface area contributed by atoms with E-state index in [1.807, 2.05) is 0 Å². The summed E-state index contributed by atoms with van der Waals surface area (Å²) in [6.45, 7) is 0. The van der Waals surface area contributed by atoms with Crippen molar-refractivity contribution in [2.45, 2.75) is 0 Å². The third kappa shape index (κ3) is 3.56. The van der Waals surface area contributed by atoms with Crippen LogP contribution in [-0.2, 0) is 0 Å². The van der Waals surface area contributed by atoms with Crippen molar-refractivity contribution in [2.75, 3.05) is 0 Å². The van der Waals surface area contributed by atoms with E-state index < -0.39 is 0 Å². The molecule has 0 saturated heterocycles. The molecule has 0 atom stereocenters. The molecule has 0 N–H and O–H groups in total. The molecule has 15 rings (SSSR count). The second-order valence-corrected chi connectivity index (χ2v) is 16.3. The van der Waals surface area contributed by atoms with Gasteiger partial charge in [-0.1, -0.05) is 127 Å². The van der Waals surface area contributed by atoms with Crippen molar-refractivity contribution in [2.24, 2.45) is 0 Å². The van der Waals surface area contributed by atoms with Crippen LogP contribution in [0.1, 0.15) is 0 Å². The molecular weight excluding hydrogens is 717 g/mol. The van der Waals surface area contributed by atoms with E-state index >= 15 is 0 Å². The van der Waals surface area contributed by atoms with E-state index in [4.69, 9.17) is 4.98 Å². The molecule has 0 bridgehead atoms. The molecule has 0 amide bonds. The van der Waals surface area contributed by atoms with Gasteiger partial charge in [-0.05, 0) is 75.6 Å². The monoisotopic (exact) mass is 746 g/mol. The van der Waals surface area contributed by atoms with Gasteiger partial charge in [0.1, 0.15) is 5.65 Å². The molecule has 270 valence electrons. The number of para-hydroxylation sites is 4. The number of nitrogens with zero attached hydrogens (tertiary/aromatic N) is 4. The largest absolute Gasteiger partial charge is 0.309 e. The first-order valence-electron chi connectivity index (χ1n) is 20.4. The van der Waals surface area contributed by atoms with E-state index in [0.717, 1.165) is 11.2 Å². The van der Waals surface area contributed by atoms with Crippen molar-refractivity contribution in [1.29, 1.82) is 0 Å². The van der Waals surface area contributed by atoms with E-state index in [-0.39, 0.29) is 0 Å². The maximum absolute atomic E-state index is 5.48. The summed E-state index contributed by atoms with van der Waals surface area (Å²) in [7, 11) is 0. The molecule has 4 heteroatoms. The fraction of sp³-hybridized carbons (Fsp3) is 0. The van der Waals surface area contributed by atoms with Crippen LogP contribution < -0.4 is 0 Å². The maximum Gasteiger partial charge on any atom is 0.146 e. The first-order valence-corrected chi connectivity index (χ1v) is 20.4. The lowest BCUT2D eigenvalue weighted by Crippen LogP contribution is -1.93. The minimum Gasteiger partial charge on any atom is -0.309 e. The second-order valence-electron chi connectivity index (χ2n) is 16.3. The van der Waals surface area contributed by atoms with Crippen molar-refractivity contribution in [3.05, 3.63) is 182 Å². The van der Waals surface area contributed by atoms with Gasteiger partial charge in [-0.3, -0.25) is 4.40 Å². The van der Waals surface area contributed by atoms with Crippen LogP contribution in [-0.4, -0.2) is 18.4 Å². The van der Waals surface area contributed by atoms with Gasteiger partial charge in [0.05, 0.1) is 44.8 Å². The summed E-state index contributed by atoms with van der Waals surface area (Å²) >= 11 is 0. The zero-order valence-electron chi connectivity index (χ0n) is 31.6. The molecule has 0 unspecified atom stereocenters. The average Bonchev–Trinajstić information content (AvgIpc) is 4.09. The standard InChI is InChI=1S/C55H30N4/c1-2-15-34(16-3-1)57-44-23-10-8-19-38(44)41-27-33(25-26-46(41)57)37-21-12-22-40-43-29-32-14-4-6-17-35(32)48-50-47(58(52(37)40)53(43)48)30-56-55-51(50)49-36-18-7-5-13-31(36)28-42-39-20-9-11-24-45(39)59(55)54(42)49/h1-30H. The SMILES string of the molecule is c1ccc(-n2c3ccccc3c3cc(-c4cccc5c6cc7ccccc7c7c8c9c%10c%11ccccc%11cc%11c%12ccccc%12n(c9ncc8n(c45)c67)c%11%10)ccc32)cc1. The van der Waals surface area contributed by atoms with Crippen LogP contribution in [0.15, 0.2) is 182 Å². The first kappa shape index (κ1) is 30.2. The van der Waals surface area contributed by atoms with Crippen LogP contribution in [0.4, 0.5) is 0 Å². The summed E-state index contributed by atoms with van der Waals surface area (Å²) in [5.74, 6) is 0. The summed E-state index contributed by atoms with van der Waals surface area (Å²) in [5.41, 5.74) is 13.1. The second kappa shape index (κ2) is 10.5. The van der Waals surface area contributed by atoms with E-state index in [0.29, 0.717) is 0 Å². The highest BCUT2D eigenvalue weighted by Gasteiger charge is 2.28. The highest BCUT2D eigenvalue weighted by molar-refractivity contribution is 6.42. The van der Waals surface area contributed by atoms with Crippen molar-refractivity contribution in [3.8, 4) is 16.8 Å². The average molecular weight is 747 g/mol. The summed E-state index contributed by atoms with van der Waals surface area (Å²) in [6.07, 6.45) is 2.16. The van der Waals surface area contributed by atoms with E-state index in [1.165, 1.54) is 125 Å². The quantitative estimate of drug-likeness (QED) is 0.173. The van der Waals surface area contributed by atoms with Gasteiger partial charge >= 0.3 is 0 Å². The molecule has 0 saturated carbocycles. The normalized spacial score (nSPS) is 12.7. The van der Waals surface area contributed by atoms with E-state index in [2.05, 4.69) is 195 Å². The summed E-state index contributed by atoms with van der Waals surface area (Å²) < 4.78 is 7.38. The molecule has 4 nitrogen and oxygen atoms in total. The highest BCUT2D eigenvalue weighted by atomic mass is 15.0. The van der Waals surface area contributed by atoms with E-state index in [9.17, 15) is 0 Å². The van der Waals surface area contributed by atoms with Crippen LogP contribution in [0.2, 0.25) is 0 Å². The Morgan fingerprint density at radius 3 is 1.71 bits per heavy atom. The Hall–Kier alpha value is -7.95. The third-order valence-corrected chi connectivity index (χ3v) is 13.5. The Morgan fingerprint density at radius 2 is 0.932 bits per heavy atom. The molecule has 0 aliphatic rings. The highest BCUT2D eigenvalue weighted by Crippen LogP contribution is 2.51. The van der Waals surface area contributed by atoms with Crippen LogP contribution in [0.3, 0.4) is 0 Å². The van der Waals surface area contributed by atoms with Gasteiger partial charge in [0.2, 0.25) is 0 Å². The lowest BCUT2D eigenvalue weighted by molar-refractivity contribution is 1.18. The van der Waals surface area contributed by atoms with Gasteiger partial charge in [0.25, 0.3) is 0 Å². The number of benzene rings is 9. The summed E-state index contributed by atoms with van der Waals surface area (Å²) in [5, 5.41) is 17.7. The van der Waals surface area contributed by atoms with Crippen LogP contribution in [0, 0.1) is 0 Å². The molecule has 6 aromatic heterocycles. The maximum atomic E-state index is 5.48. The predicted octanol–water partition coefficient (Wildman–Crippen LogP) is 14.5. The molecule has 0 spiro atoms. The molecule has 0 aliphatic heterocycles. The fourth-order valence-corrected chi connectivity index (χ4v) is 11.2. The van der Waals surface area contributed by atoms with Gasteiger partial charge in [0, 0.05) is 65.1 Å². The summed E-state index contributed by atoms with van der Waals surface area (Å²) in [4.78, 5) is 5.48. The fourth-order valence-electron chi connectivity index (χ4n) is 11.2. The Morgan fingerprint density at radius 1 is 0.339 bits per heavy atom. The number of hydrogen-bond acceptors (Lipinski definition) is 1. The van der Waals surface area contributed by atoms with E-state index in [1.54, 1.807) is 0 Å². The van der Waals surface area contributed by atoms with Crippen LogP contribution >= 0.6 is 0 Å². The van der Waals surface area contributed by atoms with Crippen LogP contribution in [0.25, 0.3) is 136 Å². The van der Waals surface area contributed by atoms with Crippen molar-refractivity contribution in [3.63, 3.8) is 0 Å². The number of hydrogen-bond donors (Lipinski definition) is 0. The van der Waals surface area contributed by atoms with Crippen molar-refractivity contribution in [1.82, 2.24) is 18.4 Å². The minimum absolute atomic E-state index is 1.01. The van der Waals surface area contributed by atoms with Gasteiger partial charge in [-0.25, -0.2) is 4.98 Å². The molecule has 15 aromatic rings. The number of rotatable bonds is 2. The minimum atomic E-state index is 1.01. The smallest absolute Gasteiger partial charge is 0.146 e. The van der Waals surface area contributed by atoms with Crippen molar-refractivity contribution < 1.29 is 0 Å². The molecule has 0 fully saturated rings. The molecule has 9 aromatic carbocycles. The molecule has 6 heterocycles. The lowest BCUT2D eigenvalue weighted by Gasteiger charge is -2.09. The zero-order chi connectivity index (χ0) is 38.1. The topological polar surface area (TPSA) is 26.6 Å². The first-order chi connectivity index (χ1) is 29.3. The number of fused-ring (bicyclic) bond motifs is 20. The molecule has 0 radical (unpaired) electrons. The lowest BCUT2D eigenvalue weighted by atomic mass is 9.95. The Kier molecular flexibility index (Phi) is 5.38. The van der Waals surface area contributed by atoms with Gasteiger partial charge in [0.15, 0.2) is 0 Å². The Balaban J connectivity index is 1.14. The van der Waals surface area contributed by atoms with Crippen molar-refractivity contribution >= 4 is 120 Å². The van der Waals surface area contributed by atoms with Gasteiger partial charge < -0.3 is 8.97 Å². The number of aromatic nitrogens is 4. The molecule has 59 heavy (non-hydrogen) atoms. The Labute approximate surface area is 335 Å². The molecule has 0 aliphatic carbocycles. The van der Waals surface area contributed by atoms with Gasteiger partial charge in [-0.15, -0.1) is 0 Å². The summed E-state index contributed by atoms with van der Waals surface area (Å²) in [6, 6.07) is 64.9. The third-order valence-electron chi connectivity index (χ3n) is 13.5. The predicted molar refractivity (Wildman–Crippen MR) is 248 cm³/mol. The zero-order valence-corrected chi connectivity index (χ0v) is 31.6. The Bertz CT molecular complexity index is 4300. The molecular formula is C55H30N4.